The minimum absolute atomic E-state index is 0.00416. The second-order valence-electron chi connectivity index (χ2n) is 6.02. The maximum Gasteiger partial charge on any atom is 0.242 e. The van der Waals surface area contributed by atoms with Crippen molar-refractivity contribution in [2.45, 2.75) is 11.7 Å². The van der Waals surface area contributed by atoms with Gasteiger partial charge in [0.25, 0.3) is 0 Å². The van der Waals surface area contributed by atoms with Crippen LogP contribution in [0.15, 0.2) is 77.5 Å². The van der Waals surface area contributed by atoms with Crippen molar-refractivity contribution in [3.8, 4) is 0 Å². The fourth-order valence-corrected chi connectivity index (χ4v) is 3.72. The fourth-order valence-electron chi connectivity index (χ4n) is 2.62. The van der Waals surface area contributed by atoms with E-state index in [1.807, 2.05) is 30.3 Å². The first-order chi connectivity index (χ1) is 13.6. The number of carbonyl (C=O) groups is 2. The topological polar surface area (TPSA) is 62.1 Å². The average molecular weight is 395 g/mol. The molecule has 0 radical (unpaired) electrons. The van der Waals surface area contributed by atoms with Crippen molar-refractivity contribution in [1.82, 2.24) is 4.90 Å². The molecule has 1 aliphatic heterocycles. The van der Waals surface area contributed by atoms with Gasteiger partial charge in [0.15, 0.2) is 11.0 Å². The molecule has 1 amide bonds. The summed E-state index contributed by atoms with van der Waals surface area (Å²) in [6, 6.07) is 14.8. The quantitative estimate of drug-likeness (QED) is 0.309. The van der Waals surface area contributed by atoms with Crippen LogP contribution in [0, 0.1) is 5.82 Å². The smallest absolute Gasteiger partial charge is 0.242 e. The minimum atomic E-state index is -0.594. The summed E-state index contributed by atoms with van der Waals surface area (Å²) in [4.78, 5) is 26.6. The number of hydrogen-bond donors (Lipinski definition) is 0. The van der Waals surface area contributed by atoms with Crippen LogP contribution in [0.5, 0.6) is 0 Å². The molecule has 0 saturated carbocycles. The first kappa shape index (κ1) is 19.7. The van der Waals surface area contributed by atoms with Gasteiger partial charge in [0.1, 0.15) is 5.82 Å². The number of benzene rings is 2. The molecule has 1 fully saturated rings. The van der Waals surface area contributed by atoms with Crippen LogP contribution in [0.25, 0.3) is 0 Å². The monoisotopic (exact) mass is 395 g/mol. The lowest BCUT2D eigenvalue weighted by Gasteiger charge is -2.12. The molecule has 5 nitrogen and oxygen atoms in total. The largest absolute Gasteiger partial charge is 0.294 e. The van der Waals surface area contributed by atoms with E-state index in [2.05, 4.69) is 16.8 Å². The molecule has 3 rings (SSSR count). The highest BCUT2D eigenvalue weighted by atomic mass is 32.2. The summed E-state index contributed by atoms with van der Waals surface area (Å²) in [5.41, 5.74) is 1.26. The number of hydrogen-bond acceptors (Lipinski definition) is 5. The van der Waals surface area contributed by atoms with Gasteiger partial charge in [-0.25, -0.2) is 4.39 Å². The Morgan fingerprint density at radius 1 is 1.18 bits per heavy atom. The van der Waals surface area contributed by atoms with E-state index in [9.17, 15) is 14.0 Å². The zero-order chi connectivity index (χ0) is 19.9. The number of halogens is 1. The van der Waals surface area contributed by atoms with Crippen molar-refractivity contribution in [3.05, 3.63) is 84.2 Å². The predicted molar refractivity (Wildman–Crippen MR) is 110 cm³/mol. The predicted octanol–water partition coefficient (Wildman–Crippen LogP) is 3.92. The Morgan fingerprint density at radius 3 is 2.57 bits per heavy atom. The lowest BCUT2D eigenvalue weighted by molar-refractivity contribution is -0.125. The van der Waals surface area contributed by atoms with Crippen molar-refractivity contribution >= 4 is 34.8 Å². The molecule has 0 aromatic heterocycles. The molecular formula is C21H18FN3O2S. The van der Waals surface area contributed by atoms with Gasteiger partial charge in [0.2, 0.25) is 5.91 Å². The zero-order valence-corrected chi connectivity index (χ0v) is 15.8. The molecule has 28 heavy (non-hydrogen) atoms. The van der Waals surface area contributed by atoms with Crippen molar-refractivity contribution in [1.29, 1.82) is 0 Å². The number of carbonyl (C=O) groups excluding carboxylic acids is 2. The molecule has 142 valence electrons. The lowest BCUT2D eigenvalue weighted by atomic mass is 10.1. The van der Waals surface area contributed by atoms with E-state index in [-0.39, 0.29) is 24.7 Å². The van der Waals surface area contributed by atoms with Gasteiger partial charge in [-0.1, -0.05) is 48.2 Å². The number of rotatable bonds is 7. The van der Waals surface area contributed by atoms with Crippen LogP contribution < -0.4 is 0 Å². The first-order valence-corrected chi connectivity index (χ1v) is 9.50. The van der Waals surface area contributed by atoms with E-state index < -0.39 is 11.1 Å². The number of thioether (sulfide) groups is 1. The number of ketones is 1. The Balaban J connectivity index is 1.73. The molecule has 1 saturated heterocycles. The molecule has 0 N–H and O–H groups in total. The maximum atomic E-state index is 13.0. The third-order valence-electron chi connectivity index (χ3n) is 4.02. The van der Waals surface area contributed by atoms with Crippen LogP contribution in [0.1, 0.15) is 22.3 Å². The molecular weight excluding hydrogens is 377 g/mol. The highest BCUT2D eigenvalue weighted by molar-refractivity contribution is 8.15. The number of amides is 1. The molecule has 2 aromatic carbocycles. The molecule has 1 unspecified atom stereocenters. The SMILES string of the molecule is C=CCN1C(=O)C(CC(=O)c2ccc(F)cc2)S/C1=N\N=C\c1ccccc1. The Hall–Kier alpha value is -3.06. The van der Waals surface area contributed by atoms with Crippen LogP contribution in [0.4, 0.5) is 4.39 Å². The van der Waals surface area contributed by atoms with Gasteiger partial charge >= 0.3 is 0 Å². The third kappa shape index (κ3) is 4.80. The van der Waals surface area contributed by atoms with Crippen LogP contribution >= 0.6 is 11.8 Å². The Kier molecular flexibility index (Phi) is 6.49. The summed E-state index contributed by atoms with van der Waals surface area (Å²) in [5, 5.41) is 8.05. The van der Waals surface area contributed by atoms with Gasteiger partial charge in [-0.3, -0.25) is 14.5 Å². The van der Waals surface area contributed by atoms with E-state index in [4.69, 9.17) is 0 Å². The van der Waals surface area contributed by atoms with Crippen molar-refractivity contribution in [3.63, 3.8) is 0 Å². The molecule has 0 spiro atoms. The van der Waals surface area contributed by atoms with E-state index in [1.54, 1.807) is 12.3 Å². The molecule has 1 aliphatic rings. The third-order valence-corrected chi connectivity index (χ3v) is 5.18. The lowest BCUT2D eigenvalue weighted by Crippen LogP contribution is -2.32. The van der Waals surface area contributed by atoms with Crippen LogP contribution in [-0.2, 0) is 4.79 Å². The van der Waals surface area contributed by atoms with Crippen molar-refractivity contribution < 1.29 is 14.0 Å². The summed E-state index contributed by atoms with van der Waals surface area (Å²) >= 11 is 1.20. The van der Waals surface area contributed by atoms with Gasteiger partial charge in [-0.2, -0.15) is 5.10 Å². The van der Waals surface area contributed by atoms with Gasteiger partial charge in [-0.05, 0) is 29.8 Å². The second kappa shape index (κ2) is 9.23. The Bertz CT molecular complexity index is 926. The van der Waals surface area contributed by atoms with Crippen LogP contribution in [0.2, 0.25) is 0 Å². The minimum Gasteiger partial charge on any atom is -0.294 e. The number of Topliss-reactive ketones (excluding diaryl/α,β-unsaturated/α-hetero) is 1. The van der Waals surface area contributed by atoms with E-state index >= 15 is 0 Å². The summed E-state index contributed by atoms with van der Waals surface area (Å²) in [6.45, 7) is 3.95. The summed E-state index contributed by atoms with van der Waals surface area (Å²) in [6.07, 6.45) is 3.20. The maximum absolute atomic E-state index is 13.0. The number of nitrogens with zero attached hydrogens (tertiary/aromatic N) is 3. The molecule has 1 atom stereocenters. The fraction of sp³-hybridized carbons (Fsp3) is 0.143. The highest BCUT2D eigenvalue weighted by Gasteiger charge is 2.38. The average Bonchev–Trinajstić information content (AvgIpc) is 2.99. The van der Waals surface area contributed by atoms with Crippen LogP contribution in [-0.4, -0.2) is 39.8 Å². The first-order valence-electron chi connectivity index (χ1n) is 8.62. The summed E-state index contributed by atoms with van der Waals surface area (Å²) < 4.78 is 13.0. The molecule has 2 aromatic rings. The van der Waals surface area contributed by atoms with Gasteiger partial charge < -0.3 is 0 Å². The van der Waals surface area contributed by atoms with Gasteiger partial charge in [0, 0.05) is 18.5 Å². The molecule has 1 heterocycles. The molecule has 7 heteroatoms. The van der Waals surface area contributed by atoms with Crippen molar-refractivity contribution in [2.24, 2.45) is 10.2 Å². The Labute approximate surface area is 166 Å². The second-order valence-corrected chi connectivity index (χ2v) is 7.19. The van der Waals surface area contributed by atoms with Gasteiger partial charge in [0.05, 0.1) is 11.5 Å². The standard InChI is InChI=1S/C21H18FN3O2S/c1-2-12-25-20(27)19(13-18(26)16-8-10-17(22)11-9-16)28-21(25)24-23-14-15-6-4-3-5-7-15/h2-11,14,19H,1,12-13H2/b23-14+,24-21-. The normalized spacial score (nSPS) is 18.2. The van der Waals surface area contributed by atoms with E-state index in [0.29, 0.717) is 10.7 Å². The zero-order valence-electron chi connectivity index (χ0n) is 15.0. The number of amidine groups is 1. The highest BCUT2D eigenvalue weighted by Crippen LogP contribution is 2.30. The Morgan fingerprint density at radius 2 is 1.89 bits per heavy atom. The van der Waals surface area contributed by atoms with Crippen LogP contribution in [0.3, 0.4) is 0 Å². The molecule has 0 bridgehead atoms. The van der Waals surface area contributed by atoms with E-state index in [0.717, 1.165) is 5.56 Å². The summed E-state index contributed by atoms with van der Waals surface area (Å²) in [7, 11) is 0. The van der Waals surface area contributed by atoms with E-state index in [1.165, 1.54) is 40.9 Å². The van der Waals surface area contributed by atoms with Crippen molar-refractivity contribution in [2.75, 3.05) is 6.54 Å². The van der Waals surface area contributed by atoms with Gasteiger partial charge in [-0.15, -0.1) is 11.7 Å². The molecule has 0 aliphatic carbocycles. The summed E-state index contributed by atoms with van der Waals surface area (Å²) in [5.74, 6) is -0.849.